The molecule has 3 atom stereocenters. The maximum absolute atomic E-state index is 13.4. The molecular formula is C29H35NO8. The lowest BCUT2D eigenvalue weighted by atomic mass is 9.64. The van der Waals surface area contributed by atoms with Crippen molar-refractivity contribution in [3.8, 4) is 11.5 Å². The standard InChI is InChI=1S/C29H35NO8/c1-5-16-30(18-19-12-14-21(15-13-19)36-20-10-8-7-9-11-20)26(32)22-17-23(25(22)27(33)34)28(35)38-29(3,4)37-24(31)6-2/h7-15,22-23,25H,5-6,16-18H2,1-4H3,(H,33,34). The number of hydrogen-bond acceptors (Lipinski definition) is 7. The van der Waals surface area contributed by atoms with Crippen molar-refractivity contribution < 1.29 is 38.5 Å². The van der Waals surface area contributed by atoms with Gasteiger partial charge in [-0.1, -0.05) is 44.2 Å². The Morgan fingerprint density at radius 2 is 1.55 bits per heavy atom. The Morgan fingerprint density at radius 1 is 0.921 bits per heavy atom. The summed E-state index contributed by atoms with van der Waals surface area (Å²) in [5.74, 6) is -6.12. The molecule has 3 unspecified atom stereocenters. The van der Waals surface area contributed by atoms with Crippen molar-refractivity contribution in [3.63, 3.8) is 0 Å². The molecule has 1 fully saturated rings. The largest absolute Gasteiger partial charge is 0.481 e. The molecule has 1 aliphatic rings. The molecule has 0 spiro atoms. The van der Waals surface area contributed by atoms with Crippen LogP contribution in [0.2, 0.25) is 0 Å². The van der Waals surface area contributed by atoms with E-state index >= 15 is 0 Å². The molecule has 9 nitrogen and oxygen atoms in total. The van der Waals surface area contributed by atoms with E-state index in [1.54, 1.807) is 11.8 Å². The number of carboxylic acid groups (broad SMARTS) is 1. The third-order valence-corrected chi connectivity index (χ3v) is 6.36. The SMILES string of the molecule is CCCN(Cc1ccc(Oc2ccccc2)cc1)C(=O)C1CC(C(=O)OC(C)(C)OC(=O)CC)C1C(=O)O. The van der Waals surface area contributed by atoms with E-state index < -0.39 is 41.4 Å². The van der Waals surface area contributed by atoms with Crippen molar-refractivity contribution in [2.45, 2.75) is 59.3 Å². The van der Waals surface area contributed by atoms with Gasteiger partial charge in [-0.2, -0.15) is 0 Å². The van der Waals surface area contributed by atoms with E-state index in [9.17, 15) is 24.3 Å². The van der Waals surface area contributed by atoms with Crippen molar-refractivity contribution in [2.24, 2.45) is 17.8 Å². The smallest absolute Gasteiger partial charge is 0.313 e. The number of benzene rings is 2. The van der Waals surface area contributed by atoms with E-state index in [1.807, 2.05) is 61.5 Å². The molecular weight excluding hydrogens is 490 g/mol. The molecule has 0 aromatic heterocycles. The molecule has 0 radical (unpaired) electrons. The molecule has 2 aromatic carbocycles. The van der Waals surface area contributed by atoms with E-state index in [-0.39, 0.29) is 18.7 Å². The summed E-state index contributed by atoms with van der Waals surface area (Å²) in [6, 6.07) is 16.8. The highest BCUT2D eigenvalue weighted by Gasteiger charge is 2.55. The molecule has 9 heteroatoms. The van der Waals surface area contributed by atoms with Gasteiger partial charge in [-0.3, -0.25) is 19.2 Å². The third kappa shape index (κ3) is 7.34. The highest BCUT2D eigenvalue weighted by molar-refractivity contribution is 5.92. The molecule has 2 aromatic rings. The molecule has 1 amide bonds. The summed E-state index contributed by atoms with van der Waals surface area (Å²) >= 11 is 0. The fourth-order valence-corrected chi connectivity index (χ4v) is 4.46. The van der Waals surface area contributed by atoms with Crippen LogP contribution in [0.5, 0.6) is 11.5 Å². The summed E-state index contributed by atoms with van der Waals surface area (Å²) in [7, 11) is 0. The number of carbonyl (C=O) groups excluding carboxylic acids is 3. The number of amides is 1. The summed E-state index contributed by atoms with van der Waals surface area (Å²) in [6.07, 6.45) is 0.846. The van der Waals surface area contributed by atoms with Gasteiger partial charge in [0.05, 0.1) is 17.8 Å². The Kier molecular flexibility index (Phi) is 9.50. The first-order valence-corrected chi connectivity index (χ1v) is 12.8. The van der Waals surface area contributed by atoms with Gasteiger partial charge in [0.25, 0.3) is 5.79 Å². The number of carboxylic acids is 1. The van der Waals surface area contributed by atoms with Crippen molar-refractivity contribution >= 4 is 23.8 Å². The van der Waals surface area contributed by atoms with Crippen LogP contribution < -0.4 is 4.74 Å². The summed E-state index contributed by atoms with van der Waals surface area (Å²) in [5, 5.41) is 9.83. The first-order valence-electron chi connectivity index (χ1n) is 12.8. The average molecular weight is 526 g/mol. The number of aliphatic carboxylic acids is 1. The second-order valence-corrected chi connectivity index (χ2v) is 9.78. The van der Waals surface area contributed by atoms with E-state index in [4.69, 9.17) is 14.2 Å². The third-order valence-electron chi connectivity index (χ3n) is 6.36. The molecule has 0 saturated heterocycles. The van der Waals surface area contributed by atoms with E-state index in [0.717, 1.165) is 5.56 Å². The molecule has 0 heterocycles. The van der Waals surface area contributed by atoms with Crippen molar-refractivity contribution in [2.75, 3.05) is 6.54 Å². The summed E-state index contributed by atoms with van der Waals surface area (Å²) < 4.78 is 16.2. The average Bonchev–Trinajstić information content (AvgIpc) is 2.83. The Hall–Kier alpha value is -3.88. The molecule has 204 valence electrons. The predicted octanol–water partition coefficient (Wildman–Crippen LogP) is 4.79. The zero-order valence-electron chi connectivity index (χ0n) is 22.2. The Morgan fingerprint density at radius 3 is 2.13 bits per heavy atom. The predicted molar refractivity (Wildman–Crippen MR) is 138 cm³/mol. The van der Waals surface area contributed by atoms with Gasteiger partial charge in [0.2, 0.25) is 5.91 Å². The Bertz CT molecular complexity index is 1130. The van der Waals surface area contributed by atoms with Crippen LogP contribution in [-0.2, 0) is 35.2 Å². The van der Waals surface area contributed by atoms with Gasteiger partial charge in [0.1, 0.15) is 11.5 Å². The van der Waals surface area contributed by atoms with Gasteiger partial charge < -0.3 is 24.2 Å². The van der Waals surface area contributed by atoms with Gasteiger partial charge in [-0.15, -0.1) is 0 Å². The number of carbonyl (C=O) groups is 4. The van der Waals surface area contributed by atoms with Crippen LogP contribution in [0.3, 0.4) is 0 Å². The normalized spacial score (nSPS) is 18.6. The summed E-state index contributed by atoms with van der Waals surface area (Å²) in [5.41, 5.74) is 0.869. The van der Waals surface area contributed by atoms with E-state index in [2.05, 4.69) is 0 Å². The van der Waals surface area contributed by atoms with Crippen molar-refractivity contribution in [1.29, 1.82) is 0 Å². The lowest BCUT2D eigenvalue weighted by molar-refractivity contribution is -0.224. The topological polar surface area (TPSA) is 119 Å². The lowest BCUT2D eigenvalue weighted by Gasteiger charge is -2.42. The van der Waals surface area contributed by atoms with E-state index in [0.29, 0.717) is 31.0 Å². The maximum Gasteiger partial charge on any atom is 0.313 e. The summed E-state index contributed by atoms with van der Waals surface area (Å²) in [4.78, 5) is 51.4. The second-order valence-electron chi connectivity index (χ2n) is 9.78. The van der Waals surface area contributed by atoms with Crippen LogP contribution in [0, 0.1) is 17.8 Å². The van der Waals surface area contributed by atoms with Crippen molar-refractivity contribution in [1.82, 2.24) is 4.90 Å². The van der Waals surface area contributed by atoms with Crippen LogP contribution in [0.15, 0.2) is 54.6 Å². The number of nitrogens with zero attached hydrogens (tertiary/aromatic N) is 1. The van der Waals surface area contributed by atoms with Crippen molar-refractivity contribution in [3.05, 3.63) is 60.2 Å². The quantitative estimate of drug-likeness (QED) is 0.310. The molecule has 0 bridgehead atoms. The molecule has 0 aliphatic heterocycles. The highest BCUT2D eigenvalue weighted by Crippen LogP contribution is 2.43. The number of esters is 2. The second kappa shape index (κ2) is 12.6. The lowest BCUT2D eigenvalue weighted by Crippen LogP contribution is -2.54. The van der Waals surface area contributed by atoms with Crippen LogP contribution >= 0.6 is 0 Å². The minimum Gasteiger partial charge on any atom is -0.481 e. The molecule has 3 rings (SSSR count). The number of para-hydroxylation sites is 1. The van der Waals surface area contributed by atoms with Crippen LogP contribution in [0.25, 0.3) is 0 Å². The minimum atomic E-state index is -1.53. The highest BCUT2D eigenvalue weighted by atomic mass is 16.7. The van der Waals surface area contributed by atoms with Gasteiger partial charge in [-0.05, 0) is 42.7 Å². The zero-order valence-corrected chi connectivity index (χ0v) is 22.2. The minimum absolute atomic E-state index is 0.0521. The van der Waals surface area contributed by atoms with Gasteiger partial charge in [0.15, 0.2) is 0 Å². The first kappa shape index (κ1) is 28.7. The Labute approximate surface area is 222 Å². The summed E-state index contributed by atoms with van der Waals surface area (Å²) in [6.45, 7) is 7.11. The number of ether oxygens (including phenoxy) is 3. The molecule has 1 N–H and O–H groups in total. The van der Waals surface area contributed by atoms with Gasteiger partial charge in [-0.25, -0.2) is 0 Å². The number of rotatable bonds is 12. The fourth-order valence-electron chi connectivity index (χ4n) is 4.46. The molecule has 38 heavy (non-hydrogen) atoms. The monoisotopic (exact) mass is 525 g/mol. The van der Waals surface area contributed by atoms with Crippen LogP contribution in [-0.4, -0.2) is 46.2 Å². The Balaban J connectivity index is 1.65. The van der Waals surface area contributed by atoms with Crippen LogP contribution in [0.1, 0.15) is 52.5 Å². The first-order chi connectivity index (χ1) is 18.0. The van der Waals surface area contributed by atoms with Gasteiger partial charge >= 0.3 is 17.9 Å². The van der Waals surface area contributed by atoms with Gasteiger partial charge in [0, 0.05) is 33.4 Å². The fraction of sp³-hybridized carbons (Fsp3) is 0.448. The molecule has 1 aliphatic carbocycles. The number of hydrogen-bond donors (Lipinski definition) is 1. The molecule has 1 saturated carbocycles. The zero-order chi connectivity index (χ0) is 27.9. The maximum atomic E-state index is 13.4. The van der Waals surface area contributed by atoms with E-state index in [1.165, 1.54) is 13.8 Å². The van der Waals surface area contributed by atoms with Crippen LogP contribution in [0.4, 0.5) is 0 Å².